The Bertz CT molecular complexity index is 677. The molecule has 1 aliphatic rings. The van der Waals surface area contributed by atoms with E-state index in [4.69, 9.17) is 16.6 Å². The first-order valence-corrected chi connectivity index (χ1v) is 8.08. The summed E-state index contributed by atoms with van der Waals surface area (Å²) in [6, 6.07) is 16.9. The van der Waals surface area contributed by atoms with Crippen LogP contribution >= 0.6 is 11.6 Å². The van der Waals surface area contributed by atoms with Gasteiger partial charge in [-0.2, -0.15) is 0 Å². The lowest BCUT2D eigenvalue weighted by molar-refractivity contribution is 0.379. The van der Waals surface area contributed by atoms with Crippen LogP contribution in [0.4, 0.5) is 0 Å². The summed E-state index contributed by atoms with van der Waals surface area (Å²) in [5, 5.41) is 0.772. The SMILES string of the molecule is CN(C)CCC1Cc2ccc(Cl)cc2C(c2ccccc2)=N1. The second-order valence-corrected chi connectivity index (χ2v) is 6.53. The van der Waals surface area contributed by atoms with Crippen molar-refractivity contribution in [3.05, 3.63) is 70.2 Å². The molecule has 1 aliphatic heterocycles. The highest BCUT2D eigenvalue weighted by Crippen LogP contribution is 2.27. The first-order valence-electron chi connectivity index (χ1n) is 7.70. The highest BCUT2D eigenvalue weighted by atomic mass is 35.5. The zero-order valence-corrected chi connectivity index (χ0v) is 13.8. The number of fused-ring (bicyclic) bond motifs is 1. The normalized spacial score (nSPS) is 17.3. The van der Waals surface area contributed by atoms with Crippen molar-refractivity contribution in [2.45, 2.75) is 18.9 Å². The molecule has 0 fully saturated rings. The van der Waals surface area contributed by atoms with E-state index in [0.29, 0.717) is 6.04 Å². The zero-order valence-electron chi connectivity index (χ0n) is 13.1. The fraction of sp³-hybridized carbons (Fsp3) is 0.316. The molecule has 0 aliphatic carbocycles. The molecule has 3 rings (SSSR count). The molecule has 1 heterocycles. The molecule has 0 saturated carbocycles. The molecule has 0 saturated heterocycles. The molecule has 1 atom stereocenters. The Kier molecular flexibility index (Phi) is 4.60. The molecule has 2 aromatic rings. The van der Waals surface area contributed by atoms with Gasteiger partial charge in [0.15, 0.2) is 0 Å². The molecule has 2 nitrogen and oxygen atoms in total. The minimum absolute atomic E-state index is 0.339. The summed E-state index contributed by atoms with van der Waals surface area (Å²) in [6.07, 6.45) is 2.07. The summed E-state index contributed by atoms with van der Waals surface area (Å²) >= 11 is 6.21. The minimum atomic E-state index is 0.339. The third kappa shape index (κ3) is 3.40. The van der Waals surface area contributed by atoms with Crippen LogP contribution in [0.15, 0.2) is 53.5 Å². The lowest BCUT2D eigenvalue weighted by atomic mass is 9.89. The summed E-state index contributed by atoms with van der Waals surface area (Å²) in [6.45, 7) is 1.05. The molecule has 0 aromatic heterocycles. The number of hydrogen-bond donors (Lipinski definition) is 0. The van der Waals surface area contributed by atoms with Gasteiger partial charge in [0.1, 0.15) is 0 Å². The highest BCUT2D eigenvalue weighted by molar-refractivity contribution is 6.31. The maximum absolute atomic E-state index is 6.21. The van der Waals surface area contributed by atoms with Gasteiger partial charge in [-0.1, -0.05) is 48.0 Å². The van der Waals surface area contributed by atoms with E-state index in [1.165, 1.54) is 16.7 Å². The van der Waals surface area contributed by atoms with Crippen molar-refractivity contribution in [3.63, 3.8) is 0 Å². The fourth-order valence-corrected chi connectivity index (χ4v) is 3.07. The van der Waals surface area contributed by atoms with Crippen molar-refractivity contribution in [2.24, 2.45) is 4.99 Å². The van der Waals surface area contributed by atoms with E-state index in [-0.39, 0.29) is 0 Å². The first kappa shape index (κ1) is 15.3. The van der Waals surface area contributed by atoms with Gasteiger partial charge in [-0.25, -0.2) is 0 Å². The molecule has 1 unspecified atom stereocenters. The molecule has 2 aromatic carbocycles. The molecule has 114 valence electrons. The van der Waals surface area contributed by atoms with Gasteiger partial charge in [-0.3, -0.25) is 4.99 Å². The summed E-state index contributed by atoms with van der Waals surface area (Å²) in [5.41, 5.74) is 4.77. The predicted octanol–water partition coefficient (Wildman–Crippen LogP) is 4.05. The number of nitrogens with zero attached hydrogens (tertiary/aromatic N) is 2. The van der Waals surface area contributed by atoms with Gasteiger partial charge in [0.05, 0.1) is 11.8 Å². The van der Waals surface area contributed by atoms with Crippen molar-refractivity contribution in [2.75, 3.05) is 20.6 Å². The largest absolute Gasteiger partial charge is 0.309 e. The van der Waals surface area contributed by atoms with Crippen LogP contribution in [0.2, 0.25) is 5.02 Å². The van der Waals surface area contributed by atoms with Gasteiger partial charge >= 0.3 is 0 Å². The van der Waals surface area contributed by atoms with E-state index in [2.05, 4.69) is 49.3 Å². The average Bonchev–Trinajstić information content (AvgIpc) is 2.53. The predicted molar refractivity (Wildman–Crippen MR) is 94.2 cm³/mol. The van der Waals surface area contributed by atoms with Crippen molar-refractivity contribution in [1.82, 2.24) is 4.90 Å². The van der Waals surface area contributed by atoms with E-state index >= 15 is 0 Å². The molecular weight excluding hydrogens is 292 g/mol. The maximum Gasteiger partial charge on any atom is 0.0725 e. The Morgan fingerprint density at radius 3 is 2.64 bits per heavy atom. The van der Waals surface area contributed by atoms with Gasteiger partial charge in [-0.15, -0.1) is 0 Å². The van der Waals surface area contributed by atoms with E-state index < -0.39 is 0 Å². The highest BCUT2D eigenvalue weighted by Gasteiger charge is 2.22. The Morgan fingerprint density at radius 2 is 1.91 bits per heavy atom. The molecule has 0 N–H and O–H groups in total. The van der Waals surface area contributed by atoms with Crippen LogP contribution in [0.1, 0.15) is 23.1 Å². The third-order valence-electron chi connectivity index (χ3n) is 4.05. The van der Waals surface area contributed by atoms with Crippen molar-refractivity contribution < 1.29 is 0 Å². The third-order valence-corrected chi connectivity index (χ3v) is 4.29. The van der Waals surface area contributed by atoms with Gasteiger partial charge in [0.2, 0.25) is 0 Å². The topological polar surface area (TPSA) is 15.6 Å². The van der Waals surface area contributed by atoms with Crippen LogP contribution in [-0.4, -0.2) is 37.3 Å². The molecular formula is C19H21ClN2. The fourth-order valence-electron chi connectivity index (χ4n) is 2.90. The maximum atomic E-state index is 6.21. The number of halogens is 1. The number of rotatable bonds is 4. The molecule has 0 amide bonds. The van der Waals surface area contributed by atoms with Crippen LogP contribution in [0.3, 0.4) is 0 Å². The van der Waals surface area contributed by atoms with Crippen molar-refractivity contribution in [3.8, 4) is 0 Å². The Labute approximate surface area is 137 Å². The second-order valence-electron chi connectivity index (χ2n) is 6.10. The lowest BCUT2D eigenvalue weighted by Crippen LogP contribution is -2.25. The van der Waals surface area contributed by atoms with Gasteiger partial charge in [0.25, 0.3) is 0 Å². The smallest absolute Gasteiger partial charge is 0.0725 e. The molecule has 0 bridgehead atoms. The molecule has 22 heavy (non-hydrogen) atoms. The lowest BCUT2D eigenvalue weighted by Gasteiger charge is -2.25. The van der Waals surface area contributed by atoms with Crippen LogP contribution in [-0.2, 0) is 6.42 Å². The minimum Gasteiger partial charge on any atom is -0.309 e. The summed E-state index contributed by atoms with van der Waals surface area (Å²) < 4.78 is 0. The molecule has 3 heteroatoms. The van der Waals surface area contributed by atoms with Crippen LogP contribution in [0.5, 0.6) is 0 Å². The van der Waals surface area contributed by atoms with Crippen LogP contribution in [0.25, 0.3) is 0 Å². The number of benzene rings is 2. The molecule has 0 spiro atoms. The van der Waals surface area contributed by atoms with Gasteiger partial charge in [0, 0.05) is 16.1 Å². The van der Waals surface area contributed by atoms with E-state index in [9.17, 15) is 0 Å². The van der Waals surface area contributed by atoms with Crippen LogP contribution < -0.4 is 0 Å². The number of hydrogen-bond acceptors (Lipinski definition) is 2. The van der Waals surface area contributed by atoms with E-state index in [1.807, 2.05) is 18.2 Å². The van der Waals surface area contributed by atoms with Gasteiger partial charge in [-0.05, 0) is 51.2 Å². The summed E-state index contributed by atoms with van der Waals surface area (Å²) in [5.74, 6) is 0. The Hall–Kier alpha value is -1.64. The summed E-state index contributed by atoms with van der Waals surface area (Å²) in [4.78, 5) is 7.26. The van der Waals surface area contributed by atoms with Crippen molar-refractivity contribution in [1.29, 1.82) is 0 Å². The zero-order chi connectivity index (χ0) is 15.5. The van der Waals surface area contributed by atoms with Crippen LogP contribution in [0, 0.1) is 0 Å². The van der Waals surface area contributed by atoms with Crippen molar-refractivity contribution >= 4 is 17.3 Å². The second kappa shape index (κ2) is 6.64. The quantitative estimate of drug-likeness (QED) is 0.831. The average molecular weight is 313 g/mol. The Morgan fingerprint density at radius 1 is 1.14 bits per heavy atom. The monoisotopic (exact) mass is 312 g/mol. The summed E-state index contributed by atoms with van der Waals surface area (Å²) in [7, 11) is 4.22. The first-order chi connectivity index (χ1) is 10.6. The van der Waals surface area contributed by atoms with E-state index in [1.54, 1.807) is 0 Å². The Balaban J connectivity index is 1.99. The molecule has 0 radical (unpaired) electrons. The standard InChI is InChI=1S/C19H21ClN2/c1-22(2)11-10-17-12-15-8-9-16(20)13-18(15)19(21-17)14-6-4-3-5-7-14/h3-9,13,17H,10-12H2,1-2H3. The van der Waals surface area contributed by atoms with E-state index in [0.717, 1.165) is 30.1 Å². The van der Waals surface area contributed by atoms with Gasteiger partial charge < -0.3 is 4.90 Å². The number of aliphatic imine (C=N–C) groups is 1.